The fourth-order valence-electron chi connectivity index (χ4n) is 5.28. The van der Waals surface area contributed by atoms with Gasteiger partial charge in [-0.05, 0) is 81.1 Å². The highest BCUT2D eigenvalue weighted by Crippen LogP contribution is 2.34. The molecule has 0 aliphatic heterocycles. The Kier molecular flexibility index (Phi) is 10.4. The Bertz CT molecular complexity index is 1520. The second-order valence-electron chi connectivity index (χ2n) is 11.2. The molecule has 0 aromatic heterocycles. The van der Waals surface area contributed by atoms with Crippen molar-refractivity contribution in [2.45, 2.75) is 76.4 Å². The van der Waals surface area contributed by atoms with Crippen molar-refractivity contribution in [3.8, 4) is 5.75 Å². The van der Waals surface area contributed by atoms with Gasteiger partial charge in [0.15, 0.2) is 0 Å². The van der Waals surface area contributed by atoms with Gasteiger partial charge in [-0.25, -0.2) is 12.8 Å². The smallest absolute Gasteiger partial charge is 0.264 e. The monoisotopic (exact) mass is 609 g/mol. The van der Waals surface area contributed by atoms with E-state index < -0.39 is 34.3 Å². The second-order valence-corrected chi connectivity index (χ2v) is 13.0. The van der Waals surface area contributed by atoms with Crippen LogP contribution >= 0.6 is 0 Å². The van der Waals surface area contributed by atoms with E-state index in [1.165, 1.54) is 36.3 Å². The fourth-order valence-corrected chi connectivity index (χ4v) is 6.70. The highest BCUT2D eigenvalue weighted by molar-refractivity contribution is 7.92. The number of anilines is 1. The number of carbonyl (C=O) groups excluding carboxylic acids is 2. The zero-order chi connectivity index (χ0) is 31.1. The van der Waals surface area contributed by atoms with Crippen LogP contribution in [-0.4, -0.2) is 50.9 Å². The molecule has 10 heteroatoms. The first-order chi connectivity index (χ1) is 20.5. The third kappa shape index (κ3) is 7.93. The average molecular weight is 610 g/mol. The summed E-state index contributed by atoms with van der Waals surface area (Å²) in [7, 11) is -2.80. The van der Waals surface area contributed by atoms with Gasteiger partial charge in [0.05, 0.1) is 17.7 Å². The van der Waals surface area contributed by atoms with Crippen LogP contribution < -0.4 is 14.4 Å². The van der Waals surface area contributed by atoms with E-state index in [0.29, 0.717) is 5.56 Å². The topological polar surface area (TPSA) is 96.0 Å². The molecule has 1 aliphatic rings. The molecule has 1 saturated carbocycles. The molecule has 8 nitrogen and oxygen atoms in total. The van der Waals surface area contributed by atoms with Crippen molar-refractivity contribution in [1.82, 2.24) is 10.2 Å². The summed E-state index contributed by atoms with van der Waals surface area (Å²) in [5.74, 6) is -1.05. The molecule has 3 aromatic rings. The predicted octanol–water partition coefficient (Wildman–Crippen LogP) is 5.51. The van der Waals surface area contributed by atoms with Gasteiger partial charge in [0.25, 0.3) is 10.0 Å². The van der Waals surface area contributed by atoms with Crippen molar-refractivity contribution in [1.29, 1.82) is 0 Å². The lowest BCUT2D eigenvalue weighted by Crippen LogP contribution is -2.53. The van der Waals surface area contributed by atoms with Gasteiger partial charge in [-0.2, -0.15) is 0 Å². The molecule has 0 radical (unpaired) electrons. The Labute approximate surface area is 253 Å². The van der Waals surface area contributed by atoms with Gasteiger partial charge < -0.3 is 15.0 Å². The summed E-state index contributed by atoms with van der Waals surface area (Å²) < 4.78 is 48.5. The van der Waals surface area contributed by atoms with Crippen LogP contribution in [0.25, 0.3) is 0 Å². The van der Waals surface area contributed by atoms with Crippen LogP contribution in [0.2, 0.25) is 0 Å². The third-order valence-electron chi connectivity index (χ3n) is 7.88. The van der Waals surface area contributed by atoms with E-state index in [2.05, 4.69) is 5.32 Å². The van der Waals surface area contributed by atoms with Crippen molar-refractivity contribution < 1.29 is 27.1 Å². The molecule has 1 N–H and O–H groups in total. The van der Waals surface area contributed by atoms with E-state index in [4.69, 9.17) is 4.74 Å². The lowest BCUT2D eigenvalue weighted by atomic mass is 9.95. The average Bonchev–Trinajstić information content (AvgIpc) is 2.99. The molecular weight excluding hydrogens is 569 g/mol. The van der Waals surface area contributed by atoms with Gasteiger partial charge in [0.2, 0.25) is 11.8 Å². The van der Waals surface area contributed by atoms with Gasteiger partial charge in [0.1, 0.15) is 24.2 Å². The number of hydrogen-bond donors (Lipinski definition) is 1. The number of sulfonamides is 1. The molecule has 0 saturated heterocycles. The number of halogens is 1. The molecule has 0 heterocycles. The summed E-state index contributed by atoms with van der Waals surface area (Å²) in [5, 5.41) is 3.08. The summed E-state index contributed by atoms with van der Waals surface area (Å²) in [5.41, 5.74) is 2.47. The normalized spacial score (nSPS) is 14.5. The Morgan fingerprint density at radius 1 is 0.953 bits per heavy atom. The number of hydrogen-bond acceptors (Lipinski definition) is 5. The highest BCUT2D eigenvalue weighted by atomic mass is 32.2. The van der Waals surface area contributed by atoms with Crippen LogP contribution in [0, 0.1) is 19.7 Å². The zero-order valence-corrected chi connectivity index (χ0v) is 26.0. The largest absolute Gasteiger partial charge is 0.495 e. The molecule has 1 unspecified atom stereocenters. The maximum absolute atomic E-state index is 14.2. The van der Waals surface area contributed by atoms with Crippen LogP contribution in [0.1, 0.15) is 55.7 Å². The second kappa shape index (κ2) is 14.0. The summed E-state index contributed by atoms with van der Waals surface area (Å²) in [4.78, 5) is 29.0. The number of carbonyl (C=O) groups is 2. The summed E-state index contributed by atoms with van der Waals surface area (Å²) in [6.45, 7) is 4.71. The van der Waals surface area contributed by atoms with Gasteiger partial charge >= 0.3 is 0 Å². The minimum absolute atomic E-state index is 0.0122. The fraction of sp³-hybridized carbons (Fsp3) is 0.394. The lowest BCUT2D eigenvalue weighted by molar-refractivity contribution is -0.139. The number of benzene rings is 3. The number of nitrogens with zero attached hydrogens (tertiary/aromatic N) is 2. The molecule has 0 bridgehead atoms. The van der Waals surface area contributed by atoms with Gasteiger partial charge in [-0.15, -0.1) is 0 Å². The molecular formula is C33H40FN3O5S. The molecule has 2 amide bonds. The van der Waals surface area contributed by atoms with Crippen molar-refractivity contribution >= 4 is 27.5 Å². The van der Waals surface area contributed by atoms with Crippen molar-refractivity contribution in [3.05, 3.63) is 89.2 Å². The predicted molar refractivity (Wildman–Crippen MR) is 165 cm³/mol. The molecule has 43 heavy (non-hydrogen) atoms. The first kappa shape index (κ1) is 32.0. The highest BCUT2D eigenvalue weighted by Gasteiger charge is 2.34. The van der Waals surface area contributed by atoms with Crippen LogP contribution in [0.15, 0.2) is 71.6 Å². The summed E-state index contributed by atoms with van der Waals surface area (Å²) >= 11 is 0. The number of rotatable bonds is 11. The van der Waals surface area contributed by atoms with Crippen LogP contribution in [0.4, 0.5) is 10.1 Å². The first-order valence-electron chi connectivity index (χ1n) is 14.6. The Morgan fingerprint density at radius 3 is 2.21 bits per heavy atom. The minimum Gasteiger partial charge on any atom is -0.495 e. The standard InChI is InChI=1S/C33H40FN3O5S/c1-23-10-17-29(18-11-23)43(40,41)37(30-20-24(2)12-19-31(30)42-4)22-32(38)36(21-26-13-15-27(34)16-14-26)25(3)33(39)35-28-8-6-5-7-9-28/h10-20,25,28H,5-9,21-22H2,1-4H3,(H,35,39). The van der Waals surface area contributed by atoms with E-state index in [9.17, 15) is 22.4 Å². The number of amides is 2. The maximum Gasteiger partial charge on any atom is 0.264 e. The van der Waals surface area contributed by atoms with E-state index in [0.717, 1.165) is 47.5 Å². The van der Waals surface area contributed by atoms with Crippen molar-refractivity contribution in [2.24, 2.45) is 0 Å². The molecule has 1 fully saturated rings. The van der Waals surface area contributed by atoms with Gasteiger partial charge in [-0.3, -0.25) is 13.9 Å². The summed E-state index contributed by atoms with van der Waals surface area (Å²) in [6.07, 6.45) is 4.94. The number of ether oxygens (including phenoxy) is 1. The SMILES string of the molecule is COc1ccc(C)cc1N(CC(=O)N(Cc1ccc(F)cc1)C(C)C(=O)NC1CCCCC1)S(=O)(=O)c1ccc(C)cc1. The van der Waals surface area contributed by atoms with Crippen LogP contribution in [0.5, 0.6) is 5.75 Å². The van der Waals surface area contributed by atoms with Crippen LogP contribution in [-0.2, 0) is 26.2 Å². The quantitative estimate of drug-likeness (QED) is 0.309. The molecule has 1 atom stereocenters. The van der Waals surface area contributed by atoms with Gasteiger partial charge in [0, 0.05) is 12.6 Å². The molecule has 3 aromatic carbocycles. The molecule has 230 valence electrons. The number of methoxy groups -OCH3 is 1. The Hall–Kier alpha value is -3.92. The molecule has 4 rings (SSSR count). The zero-order valence-electron chi connectivity index (χ0n) is 25.2. The lowest BCUT2D eigenvalue weighted by Gasteiger charge is -2.33. The molecule has 1 aliphatic carbocycles. The van der Waals surface area contributed by atoms with Crippen molar-refractivity contribution in [3.63, 3.8) is 0 Å². The third-order valence-corrected chi connectivity index (χ3v) is 9.65. The number of nitrogens with one attached hydrogen (secondary N) is 1. The number of aryl methyl sites for hydroxylation is 2. The van der Waals surface area contributed by atoms with Crippen LogP contribution in [0.3, 0.4) is 0 Å². The van der Waals surface area contributed by atoms with E-state index in [1.807, 2.05) is 13.8 Å². The van der Waals surface area contributed by atoms with Crippen molar-refractivity contribution in [2.75, 3.05) is 18.0 Å². The van der Waals surface area contributed by atoms with E-state index in [1.54, 1.807) is 49.4 Å². The maximum atomic E-state index is 14.2. The van der Waals surface area contributed by atoms with Gasteiger partial charge in [-0.1, -0.05) is 55.2 Å². The molecule has 0 spiro atoms. The van der Waals surface area contributed by atoms with E-state index >= 15 is 0 Å². The first-order valence-corrected chi connectivity index (χ1v) is 16.0. The minimum atomic E-state index is -4.24. The van der Waals surface area contributed by atoms with E-state index in [-0.39, 0.29) is 34.8 Å². The summed E-state index contributed by atoms with van der Waals surface area (Å²) in [6, 6.07) is 16.3. The Morgan fingerprint density at radius 2 is 1.58 bits per heavy atom. The Balaban J connectivity index is 1.72.